The topological polar surface area (TPSA) is 73.4 Å². The van der Waals surface area contributed by atoms with E-state index in [0.29, 0.717) is 5.95 Å². The van der Waals surface area contributed by atoms with Crippen LogP contribution < -0.4 is 15.5 Å². The number of anilines is 4. The van der Waals surface area contributed by atoms with Crippen LogP contribution >= 0.6 is 11.3 Å². The molecule has 1 amide bonds. The van der Waals surface area contributed by atoms with Gasteiger partial charge >= 0.3 is 0 Å². The first kappa shape index (κ1) is 22.1. The van der Waals surface area contributed by atoms with Crippen molar-refractivity contribution in [1.82, 2.24) is 14.9 Å². The Morgan fingerprint density at radius 3 is 2.68 bits per heavy atom. The maximum atomic E-state index is 11.6. The van der Waals surface area contributed by atoms with Crippen molar-refractivity contribution in [2.24, 2.45) is 0 Å². The minimum atomic E-state index is -0.223. The highest BCUT2D eigenvalue weighted by Crippen LogP contribution is 2.33. The molecule has 2 aromatic carbocycles. The maximum Gasteiger partial charge on any atom is 0.248 e. The molecule has 0 saturated carbocycles. The molecular weight excluding hydrogens is 444 g/mol. The van der Waals surface area contributed by atoms with Crippen molar-refractivity contribution >= 4 is 50.5 Å². The number of hydrogen-bond acceptors (Lipinski definition) is 7. The monoisotopic (exact) mass is 470 g/mol. The average molecular weight is 471 g/mol. The van der Waals surface area contributed by atoms with Gasteiger partial charge in [0.15, 0.2) is 0 Å². The van der Waals surface area contributed by atoms with Crippen LogP contribution in [0.3, 0.4) is 0 Å². The van der Waals surface area contributed by atoms with E-state index in [1.807, 2.05) is 35.8 Å². The van der Waals surface area contributed by atoms with Gasteiger partial charge in [-0.25, -0.2) is 9.97 Å². The molecule has 1 aliphatic rings. The van der Waals surface area contributed by atoms with Crippen LogP contribution in [0.4, 0.5) is 22.3 Å². The molecule has 0 bridgehead atoms. The first-order valence-electron chi connectivity index (χ1n) is 11.2. The molecule has 2 N–H and O–H groups in total. The van der Waals surface area contributed by atoms with Crippen LogP contribution in [0, 0.1) is 0 Å². The molecule has 8 heteroatoms. The minimum absolute atomic E-state index is 0.223. The zero-order chi connectivity index (χ0) is 23.5. The van der Waals surface area contributed by atoms with E-state index in [9.17, 15) is 4.79 Å². The zero-order valence-corrected chi connectivity index (χ0v) is 19.8. The predicted octanol–water partition coefficient (Wildman–Crippen LogP) is 4.98. The molecule has 2 aromatic heterocycles. The molecule has 5 rings (SSSR count). The third-order valence-corrected chi connectivity index (χ3v) is 6.79. The van der Waals surface area contributed by atoms with Crippen LogP contribution in [0.25, 0.3) is 22.0 Å². The van der Waals surface area contributed by atoms with Gasteiger partial charge < -0.3 is 20.4 Å². The third kappa shape index (κ3) is 4.78. The fourth-order valence-corrected chi connectivity index (χ4v) is 4.82. The number of aromatic nitrogens is 2. The van der Waals surface area contributed by atoms with Gasteiger partial charge in [0, 0.05) is 60.1 Å². The molecule has 4 aromatic rings. The van der Waals surface area contributed by atoms with Crippen LogP contribution in [0.1, 0.15) is 0 Å². The zero-order valence-electron chi connectivity index (χ0n) is 19.0. The van der Waals surface area contributed by atoms with E-state index < -0.39 is 0 Å². The van der Waals surface area contributed by atoms with Gasteiger partial charge in [0.1, 0.15) is 0 Å². The maximum absolute atomic E-state index is 11.6. The number of carbonyl (C=O) groups is 1. The van der Waals surface area contributed by atoms with Crippen molar-refractivity contribution in [2.75, 3.05) is 48.8 Å². The number of nitrogens with zero attached hydrogens (tertiary/aromatic N) is 4. The quantitative estimate of drug-likeness (QED) is 0.387. The fraction of sp³-hybridized carbons (Fsp3) is 0.192. The van der Waals surface area contributed by atoms with Crippen LogP contribution in [-0.4, -0.2) is 54.0 Å². The molecule has 1 aliphatic heterocycles. The number of benzene rings is 2. The number of fused-ring (bicyclic) bond motifs is 1. The summed E-state index contributed by atoms with van der Waals surface area (Å²) in [5, 5.41) is 9.89. The molecule has 0 atom stereocenters. The standard InChI is InChI=1S/C26H26N6OS/c1-3-23(33)29-24-15-19(17-34-24)22-6-4-5-18-16-27-26(30-25(18)22)28-20-7-9-21(10-8-20)32-13-11-31(2)12-14-32/h3-10,15-17H,1,11-14H2,2H3,(H,29,33)(H,27,28,30). The van der Waals surface area contributed by atoms with E-state index in [0.717, 1.165) is 58.9 Å². The van der Waals surface area contributed by atoms with Crippen LogP contribution in [0.5, 0.6) is 0 Å². The Bertz CT molecular complexity index is 1320. The second-order valence-electron chi connectivity index (χ2n) is 8.29. The normalized spacial score (nSPS) is 14.2. The predicted molar refractivity (Wildman–Crippen MR) is 141 cm³/mol. The van der Waals surface area contributed by atoms with Crippen LogP contribution in [-0.2, 0) is 4.79 Å². The van der Waals surface area contributed by atoms with Crippen molar-refractivity contribution < 1.29 is 4.79 Å². The number of piperazine rings is 1. The summed E-state index contributed by atoms with van der Waals surface area (Å²) in [7, 11) is 2.16. The highest BCUT2D eigenvalue weighted by atomic mass is 32.1. The lowest BCUT2D eigenvalue weighted by Crippen LogP contribution is -2.44. The molecule has 172 valence electrons. The number of rotatable bonds is 6. The van der Waals surface area contributed by atoms with E-state index in [2.05, 4.69) is 63.3 Å². The minimum Gasteiger partial charge on any atom is -0.369 e. The van der Waals surface area contributed by atoms with Gasteiger partial charge in [0.25, 0.3) is 0 Å². The SMILES string of the molecule is C=CC(=O)Nc1cc(-c2cccc3cnc(Nc4ccc(N5CCN(C)CC5)cc4)nc23)cs1. The van der Waals surface area contributed by atoms with Crippen molar-refractivity contribution in [3.63, 3.8) is 0 Å². The third-order valence-electron chi connectivity index (χ3n) is 5.94. The van der Waals surface area contributed by atoms with Gasteiger partial charge in [-0.1, -0.05) is 24.8 Å². The summed E-state index contributed by atoms with van der Waals surface area (Å²) in [4.78, 5) is 25.7. The smallest absolute Gasteiger partial charge is 0.248 e. The number of thiophene rings is 1. The van der Waals surface area contributed by atoms with Crippen molar-refractivity contribution in [3.05, 3.63) is 72.8 Å². The van der Waals surface area contributed by atoms with Crippen molar-refractivity contribution in [3.8, 4) is 11.1 Å². The Kier molecular flexibility index (Phi) is 6.24. The van der Waals surface area contributed by atoms with Gasteiger partial charge in [-0.05, 0) is 49.0 Å². The highest BCUT2D eigenvalue weighted by molar-refractivity contribution is 7.14. The van der Waals surface area contributed by atoms with Crippen LogP contribution in [0.2, 0.25) is 0 Å². The Morgan fingerprint density at radius 2 is 1.91 bits per heavy atom. The fourth-order valence-electron chi connectivity index (χ4n) is 4.01. The van der Waals surface area contributed by atoms with Gasteiger partial charge in [0.05, 0.1) is 10.5 Å². The van der Waals surface area contributed by atoms with Gasteiger partial charge in [-0.2, -0.15) is 0 Å². The molecule has 7 nitrogen and oxygen atoms in total. The summed E-state index contributed by atoms with van der Waals surface area (Å²) < 4.78 is 0. The first-order chi connectivity index (χ1) is 16.6. The Hall–Kier alpha value is -3.75. The molecule has 0 spiro atoms. The van der Waals surface area contributed by atoms with E-state index in [1.165, 1.54) is 23.1 Å². The van der Waals surface area contributed by atoms with Gasteiger partial charge in [-0.15, -0.1) is 11.3 Å². The number of likely N-dealkylation sites (N-methyl/N-ethyl adjacent to an activating group) is 1. The van der Waals surface area contributed by atoms with Gasteiger partial charge in [0.2, 0.25) is 11.9 Å². The number of carbonyl (C=O) groups excluding carboxylic acids is 1. The summed E-state index contributed by atoms with van der Waals surface area (Å²) in [6, 6.07) is 16.4. The van der Waals surface area contributed by atoms with Crippen LogP contribution in [0.15, 0.2) is 72.8 Å². The first-order valence-corrected chi connectivity index (χ1v) is 12.1. The molecule has 1 saturated heterocycles. The van der Waals surface area contributed by atoms with E-state index in [4.69, 9.17) is 4.98 Å². The van der Waals surface area contributed by atoms with E-state index in [1.54, 1.807) is 0 Å². The summed E-state index contributed by atoms with van der Waals surface area (Å²) >= 11 is 1.47. The lowest BCUT2D eigenvalue weighted by atomic mass is 10.1. The molecule has 1 fully saturated rings. The Balaban J connectivity index is 1.37. The molecule has 3 heterocycles. The molecule has 34 heavy (non-hydrogen) atoms. The van der Waals surface area contributed by atoms with E-state index >= 15 is 0 Å². The molecular formula is C26H26N6OS. The number of amides is 1. The number of para-hydroxylation sites is 1. The summed E-state index contributed by atoms with van der Waals surface area (Å²) in [5.74, 6) is 0.321. The summed E-state index contributed by atoms with van der Waals surface area (Å²) in [6.45, 7) is 7.75. The van der Waals surface area contributed by atoms with Crippen molar-refractivity contribution in [2.45, 2.75) is 0 Å². The second-order valence-corrected chi connectivity index (χ2v) is 9.20. The lowest BCUT2D eigenvalue weighted by molar-refractivity contribution is -0.111. The molecule has 0 unspecified atom stereocenters. The largest absolute Gasteiger partial charge is 0.369 e. The molecule has 0 radical (unpaired) electrons. The van der Waals surface area contributed by atoms with Gasteiger partial charge in [-0.3, -0.25) is 4.79 Å². The van der Waals surface area contributed by atoms with E-state index in [-0.39, 0.29) is 5.91 Å². The molecule has 0 aliphatic carbocycles. The average Bonchev–Trinajstić information content (AvgIpc) is 3.32. The summed E-state index contributed by atoms with van der Waals surface area (Å²) in [5.41, 5.74) is 5.02. The Labute approximate surface area is 202 Å². The lowest BCUT2D eigenvalue weighted by Gasteiger charge is -2.34. The van der Waals surface area contributed by atoms with Crippen molar-refractivity contribution in [1.29, 1.82) is 0 Å². The number of hydrogen-bond donors (Lipinski definition) is 2. The summed E-state index contributed by atoms with van der Waals surface area (Å²) in [6.07, 6.45) is 3.10. The number of nitrogens with one attached hydrogen (secondary N) is 2. The Morgan fingerprint density at radius 1 is 1.12 bits per heavy atom. The highest BCUT2D eigenvalue weighted by Gasteiger charge is 2.14. The second kappa shape index (κ2) is 9.62.